The van der Waals surface area contributed by atoms with E-state index in [1.165, 1.54) is 55.5 Å². The van der Waals surface area contributed by atoms with Gasteiger partial charge in [0.05, 0.1) is 5.41 Å². The first-order valence-corrected chi connectivity index (χ1v) is 16.8. The number of allylic oxidation sites excluding steroid dienone is 6. The Morgan fingerprint density at radius 2 is 1.41 bits per heavy atom. The van der Waals surface area contributed by atoms with Crippen LogP contribution in [0.4, 0.5) is 11.4 Å². The van der Waals surface area contributed by atoms with Gasteiger partial charge >= 0.3 is 0 Å². The van der Waals surface area contributed by atoms with E-state index in [0.29, 0.717) is 0 Å². The van der Waals surface area contributed by atoms with Gasteiger partial charge in [-0.1, -0.05) is 107 Å². The predicted molar refractivity (Wildman–Crippen MR) is 192 cm³/mol. The first-order valence-electron chi connectivity index (χ1n) is 16.4. The minimum atomic E-state index is -0.136. The first kappa shape index (κ1) is 30.4. The van der Waals surface area contributed by atoms with Crippen LogP contribution in [0.15, 0.2) is 108 Å². The van der Waals surface area contributed by atoms with E-state index in [9.17, 15) is 0 Å². The lowest BCUT2D eigenvalue weighted by Crippen LogP contribution is -2.28. The Bertz CT molecular complexity index is 1850. The second-order valence-corrected chi connectivity index (χ2v) is 13.9. The molecule has 0 amide bonds. The molecule has 2 aliphatic heterocycles. The van der Waals surface area contributed by atoms with E-state index in [1.807, 2.05) is 0 Å². The Hall–Kier alpha value is -3.62. The van der Waals surface area contributed by atoms with Gasteiger partial charge in [-0.25, -0.2) is 0 Å². The molecule has 0 radical (unpaired) electrons. The van der Waals surface area contributed by atoms with Crippen LogP contribution in [-0.4, -0.2) is 23.4 Å². The number of anilines is 1. The highest BCUT2D eigenvalue weighted by Gasteiger charge is 2.45. The van der Waals surface area contributed by atoms with E-state index in [0.717, 1.165) is 43.8 Å². The molecule has 0 saturated carbocycles. The van der Waals surface area contributed by atoms with Crippen LogP contribution in [-0.2, 0) is 10.8 Å². The molecule has 0 spiro atoms. The second kappa shape index (κ2) is 12.1. The van der Waals surface area contributed by atoms with Gasteiger partial charge < -0.3 is 4.90 Å². The lowest BCUT2D eigenvalue weighted by atomic mass is 9.79. The Kier molecular flexibility index (Phi) is 8.33. The molecule has 0 aliphatic carbocycles. The number of halogens is 1. The van der Waals surface area contributed by atoms with Gasteiger partial charge in [-0.3, -0.25) is 0 Å². The predicted octanol–water partition coefficient (Wildman–Crippen LogP) is 11.3. The van der Waals surface area contributed by atoms with Crippen molar-refractivity contribution in [1.29, 1.82) is 0 Å². The van der Waals surface area contributed by atoms with Gasteiger partial charge in [0.15, 0.2) is 5.71 Å². The molecule has 0 saturated heterocycles. The number of hydrogen-bond acceptors (Lipinski definition) is 1. The maximum Gasteiger partial charge on any atom is 0.210 e. The molecule has 2 heterocycles. The van der Waals surface area contributed by atoms with Crippen LogP contribution in [0.5, 0.6) is 0 Å². The number of hydrogen-bond donors (Lipinski definition) is 0. The Labute approximate surface area is 269 Å². The molecule has 0 N–H and O–H groups in total. The maximum atomic E-state index is 7.02. The van der Waals surface area contributed by atoms with Crippen molar-refractivity contribution in [2.24, 2.45) is 0 Å². The summed E-state index contributed by atoms with van der Waals surface area (Å²) in [6.45, 7) is 16.0. The minimum absolute atomic E-state index is 0.136. The molecule has 6 rings (SSSR count). The summed E-state index contributed by atoms with van der Waals surface area (Å²) in [6, 6.07) is 26.7. The summed E-state index contributed by atoms with van der Waals surface area (Å²) in [4.78, 5) is 2.53. The van der Waals surface area contributed by atoms with Crippen molar-refractivity contribution in [3.63, 3.8) is 0 Å². The minimum Gasteiger partial charge on any atom is -0.344 e. The van der Waals surface area contributed by atoms with E-state index >= 15 is 0 Å². The molecule has 2 aliphatic rings. The molecule has 4 aromatic carbocycles. The van der Waals surface area contributed by atoms with Gasteiger partial charge in [0.2, 0.25) is 5.69 Å². The van der Waals surface area contributed by atoms with Gasteiger partial charge in [-0.2, -0.15) is 4.58 Å². The van der Waals surface area contributed by atoms with Crippen LogP contribution in [0.1, 0.15) is 78.4 Å². The van der Waals surface area contributed by atoms with Gasteiger partial charge in [-0.05, 0) is 77.7 Å². The maximum absolute atomic E-state index is 7.02. The topological polar surface area (TPSA) is 6.25 Å². The number of benzene rings is 4. The van der Waals surface area contributed by atoms with E-state index in [2.05, 4.69) is 148 Å². The molecule has 226 valence electrons. The normalized spacial score (nSPS) is 18.3. The number of unbranched alkanes of at least 4 members (excludes halogenated alkanes) is 2. The molecule has 0 aromatic heterocycles. The van der Waals surface area contributed by atoms with E-state index in [1.54, 1.807) is 0 Å². The van der Waals surface area contributed by atoms with E-state index in [-0.39, 0.29) is 10.8 Å². The van der Waals surface area contributed by atoms with Crippen LogP contribution < -0.4 is 4.90 Å². The zero-order chi connectivity index (χ0) is 31.1. The largest absolute Gasteiger partial charge is 0.344 e. The molecule has 3 heteroatoms. The average Bonchev–Trinajstić information content (AvgIpc) is 3.38. The standard InChI is InChI=1S/C41H46ClN2/c1-7-9-27-43-34-23-19-29-15-11-13-17-32(29)38(34)40(3,4)36(43)25-21-31(42)22-26-37-41(5,6)39-33-18-14-12-16-30(33)20-24-35(39)44(37)28-10-8-2/h11-26H,7-10,27-28H2,1-6H3/q+1. The van der Waals surface area contributed by atoms with Crippen LogP contribution in [0.2, 0.25) is 0 Å². The molecule has 44 heavy (non-hydrogen) atoms. The Morgan fingerprint density at radius 1 is 0.773 bits per heavy atom. The van der Waals surface area contributed by atoms with Crippen LogP contribution >= 0.6 is 11.6 Å². The van der Waals surface area contributed by atoms with Crippen molar-refractivity contribution in [2.75, 3.05) is 18.0 Å². The molecule has 0 unspecified atom stereocenters. The number of nitrogens with zero attached hydrogens (tertiary/aromatic N) is 2. The van der Waals surface area contributed by atoms with Crippen molar-refractivity contribution in [2.45, 2.75) is 78.1 Å². The lowest BCUT2D eigenvalue weighted by molar-refractivity contribution is -0.438. The molecule has 0 bridgehead atoms. The highest BCUT2D eigenvalue weighted by atomic mass is 35.5. The molecule has 4 aromatic rings. The summed E-state index contributed by atoms with van der Waals surface area (Å²) in [5.74, 6) is 0. The highest BCUT2D eigenvalue weighted by molar-refractivity contribution is 6.31. The summed E-state index contributed by atoms with van der Waals surface area (Å²) in [5, 5.41) is 6.02. The van der Waals surface area contributed by atoms with Crippen molar-refractivity contribution in [1.82, 2.24) is 0 Å². The third-order valence-corrected chi connectivity index (χ3v) is 10.0. The van der Waals surface area contributed by atoms with Crippen molar-refractivity contribution < 1.29 is 4.58 Å². The summed E-state index contributed by atoms with van der Waals surface area (Å²) < 4.78 is 2.53. The van der Waals surface area contributed by atoms with Gasteiger partial charge in [0, 0.05) is 52.5 Å². The molecule has 2 nitrogen and oxygen atoms in total. The second-order valence-electron chi connectivity index (χ2n) is 13.4. The van der Waals surface area contributed by atoms with Gasteiger partial charge in [0.1, 0.15) is 6.54 Å². The zero-order valence-electron chi connectivity index (χ0n) is 27.3. The number of fused-ring (bicyclic) bond motifs is 6. The summed E-state index contributed by atoms with van der Waals surface area (Å²) >= 11 is 7.02. The fourth-order valence-electron chi connectivity index (χ4n) is 7.56. The summed E-state index contributed by atoms with van der Waals surface area (Å²) in [5.41, 5.74) is 7.83. The van der Waals surface area contributed by atoms with Crippen molar-refractivity contribution in [3.05, 3.63) is 119 Å². The summed E-state index contributed by atoms with van der Waals surface area (Å²) in [7, 11) is 0. The average molecular weight is 602 g/mol. The van der Waals surface area contributed by atoms with Crippen LogP contribution in [0, 0.1) is 0 Å². The summed E-state index contributed by atoms with van der Waals surface area (Å²) in [6.07, 6.45) is 13.3. The van der Waals surface area contributed by atoms with Crippen LogP contribution in [0.25, 0.3) is 21.5 Å². The van der Waals surface area contributed by atoms with Crippen molar-refractivity contribution in [3.8, 4) is 0 Å². The van der Waals surface area contributed by atoms with Crippen molar-refractivity contribution >= 4 is 50.2 Å². The SMILES string of the molecule is CCCCN1C(=CC=C(Cl)C=CC2=[N+](CCCC)c3ccc4ccccc4c3C2(C)C)C(C)(C)c2c1ccc1ccccc21. The molecule has 0 fully saturated rings. The highest BCUT2D eigenvalue weighted by Crippen LogP contribution is 2.51. The lowest BCUT2D eigenvalue weighted by Gasteiger charge is -2.27. The van der Waals surface area contributed by atoms with Gasteiger partial charge in [-0.15, -0.1) is 0 Å². The van der Waals surface area contributed by atoms with E-state index < -0.39 is 0 Å². The fraction of sp³-hybridized carbons (Fsp3) is 0.341. The van der Waals surface area contributed by atoms with Crippen LogP contribution in [0.3, 0.4) is 0 Å². The third-order valence-electron chi connectivity index (χ3n) is 9.78. The molecule has 0 atom stereocenters. The molecular weight excluding hydrogens is 556 g/mol. The zero-order valence-corrected chi connectivity index (χ0v) is 28.0. The quantitative estimate of drug-likeness (QED) is 0.137. The smallest absolute Gasteiger partial charge is 0.210 e. The fourth-order valence-corrected chi connectivity index (χ4v) is 7.68. The number of rotatable bonds is 9. The Morgan fingerprint density at radius 3 is 2.09 bits per heavy atom. The van der Waals surface area contributed by atoms with Gasteiger partial charge in [0.25, 0.3) is 0 Å². The van der Waals surface area contributed by atoms with E-state index in [4.69, 9.17) is 11.6 Å². The Balaban J connectivity index is 1.38. The monoisotopic (exact) mass is 601 g/mol. The molecular formula is C41H46ClN2+. The first-order chi connectivity index (χ1) is 21.2. The third kappa shape index (κ3) is 5.12.